The molecule has 0 aliphatic rings. The summed E-state index contributed by atoms with van der Waals surface area (Å²) in [7, 11) is 0. The first-order valence-electron chi connectivity index (χ1n) is 1.85. The zero-order valence-corrected chi connectivity index (χ0v) is 9.54. The Kier molecular flexibility index (Phi) is 15.1. The van der Waals surface area contributed by atoms with Gasteiger partial charge in [0.15, 0.2) is 0 Å². The van der Waals surface area contributed by atoms with Crippen molar-refractivity contribution in [1.29, 1.82) is 0 Å². The molecule has 1 aromatic heterocycles. The molecule has 0 amide bonds. The summed E-state index contributed by atoms with van der Waals surface area (Å²) in [5.41, 5.74) is 0. The molecule has 1 rings (SSSR count). The molecule has 0 aromatic carbocycles. The zero-order chi connectivity index (χ0) is 4.41. The normalized spacial score (nSPS) is 5.89. The van der Waals surface area contributed by atoms with Gasteiger partial charge in [0.25, 0.3) is 0 Å². The SMILES string of the molecule is Cc1ncc[nH]1.[Cl-].[Cl-].[Zn+2]. The van der Waals surface area contributed by atoms with Gasteiger partial charge < -0.3 is 29.8 Å². The molecular weight excluding hydrogens is 212 g/mol. The second kappa shape index (κ2) is 8.41. The van der Waals surface area contributed by atoms with Crippen molar-refractivity contribution in [3.8, 4) is 0 Å². The van der Waals surface area contributed by atoms with Crippen molar-refractivity contribution in [2.75, 3.05) is 0 Å². The minimum Gasteiger partial charge on any atom is -1.00 e. The fourth-order valence-corrected chi connectivity index (χ4v) is 0.344. The number of aryl methyl sites for hydroxylation is 1. The molecule has 0 atom stereocenters. The van der Waals surface area contributed by atoms with Gasteiger partial charge in [0, 0.05) is 12.4 Å². The number of halogens is 2. The Morgan fingerprint density at radius 3 is 2.11 bits per heavy atom. The average Bonchev–Trinajstić information content (AvgIpc) is 1.86. The van der Waals surface area contributed by atoms with Crippen LogP contribution in [0.15, 0.2) is 12.4 Å². The fraction of sp³-hybridized carbons (Fsp3) is 0.250. The Hall–Kier alpha value is 0.413. The molecule has 5 heteroatoms. The van der Waals surface area contributed by atoms with Crippen molar-refractivity contribution in [2.24, 2.45) is 0 Å². The number of nitrogens with one attached hydrogen (secondary N) is 1. The third-order valence-corrected chi connectivity index (χ3v) is 0.635. The van der Waals surface area contributed by atoms with Crippen LogP contribution in [0, 0.1) is 6.92 Å². The minimum atomic E-state index is 0. The van der Waals surface area contributed by atoms with Gasteiger partial charge in [-0.3, -0.25) is 0 Å². The van der Waals surface area contributed by atoms with E-state index in [0.717, 1.165) is 5.82 Å². The Morgan fingerprint density at radius 1 is 1.44 bits per heavy atom. The number of aromatic nitrogens is 2. The summed E-state index contributed by atoms with van der Waals surface area (Å²) >= 11 is 0. The number of hydrogen-bond donors (Lipinski definition) is 1. The Balaban J connectivity index is -0.000000120. The summed E-state index contributed by atoms with van der Waals surface area (Å²) in [5.74, 6) is 0.968. The van der Waals surface area contributed by atoms with E-state index in [-0.39, 0.29) is 44.3 Å². The van der Waals surface area contributed by atoms with Gasteiger partial charge in [0.05, 0.1) is 0 Å². The van der Waals surface area contributed by atoms with Gasteiger partial charge in [-0.25, -0.2) is 4.98 Å². The number of nitrogens with zero attached hydrogens (tertiary/aromatic N) is 1. The number of aromatic amines is 1. The van der Waals surface area contributed by atoms with E-state index in [9.17, 15) is 0 Å². The molecule has 2 nitrogen and oxygen atoms in total. The third kappa shape index (κ3) is 6.30. The van der Waals surface area contributed by atoms with E-state index in [1.807, 2.05) is 6.92 Å². The standard InChI is InChI=1S/C4H6N2.2ClH.Zn/c1-4-5-2-3-6-4;;;/h2-3H,1H3,(H,5,6);2*1H;/q;;;+2/p-2. The van der Waals surface area contributed by atoms with Crippen LogP contribution in [0.1, 0.15) is 5.82 Å². The quantitative estimate of drug-likeness (QED) is 0.433. The second-order valence-corrected chi connectivity index (χ2v) is 1.17. The van der Waals surface area contributed by atoms with Crippen molar-refractivity contribution in [3.05, 3.63) is 18.2 Å². The molecule has 1 N–H and O–H groups in total. The van der Waals surface area contributed by atoms with E-state index < -0.39 is 0 Å². The van der Waals surface area contributed by atoms with E-state index in [1.54, 1.807) is 12.4 Å². The first-order chi connectivity index (χ1) is 2.89. The van der Waals surface area contributed by atoms with Gasteiger partial charge in [-0.05, 0) is 6.92 Å². The molecule has 1 aromatic rings. The number of hydrogen-bond acceptors (Lipinski definition) is 1. The van der Waals surface area contributed by atoms with Gasteiger partial charge in [0.1, 0.15) is 5.82 Å². The van der Waals surface area contributed by atoms with Crippen LogP contribution in [0.4, 0.5) is 0 Å². The van der Waals surface area contributed by atoms with Crippen LogP contribution in [-0.2, 0) is 19.5 Å². The van der Waals surface area contributed by atoms with Crippen LogP contribution >= 0.6 is 0 Å². The molecule has 0 aliphatic carbocycles. The molecule has 0 saturated carbocycles. The van der Waals surface area contributed by atoms with Crippen molar-refractivity contribution in [2.45, 2.75) is 6.92 Å². The van der Waals surface area contributed by atoms with Crippen LogP contribution in [0.5, 0.6) is 0 Å². The topological polar surface area (TPSA) is 28.7 Å². The summed E-state index contributed by atoms with van der Waals surface area (Å²) in [5, 5.41) is 0. The maximum absolute atomic E-state index is 3.86. The monoisotopic (exact) mass is 216 g/mol. The molecule has 0 bridgehead atoms. The Labute approximate surface area is 79.4 Å². The maximum atomic E-state index is 3.86. The second-order valence-electron chi connectivity index (χ2n) is 1.17. The molecule has 1 heterocycles. The first kappa shape index (κ1) is 16.2. The predicted octanol–water partition coefficient (Wildman–Crippen LogP) is -5.28. The molecule has 0 fully saturated rings. The van der Waals surface area contributed by atoms with Gasteiger partial charge >= 0.3 is 19.5 Å². The van der Waals surface area contributed by atoms with Crippen molar-refractivity contribution >= 4 is 0 Å². The maximum Gasteiger partial charge on any atom is 2.00 e. The fourth-order valence-electron chi connectivity index (χ4n) is 0.344. The molecule has 0 saturated heterocycles. The van der Waals surface area contributed by atoms with E-state index in [0.29, 0.717) is 0 Å². The van der Waals surface area contributed by atoms with Crippen LogP contribution < -0.4 is 24.8 Å². The third-order valence-electron chi connectivity index (χ3n) is 0.635. The molecular formula is C4H6Cl2N2Zn. The van der Waals surface area contributed by atoms with Gasteiger partial charge in [-0.2, -0.15) is 0 Å². The van der Waals surface area contributed by atoms with E-state index in [4.69, 9.17) is 0 Å². The van der Waals surface area contributed by atoms with Crippen LogP contribution in [-0.4, -0.2) is 9.97 Å². The summed E-state index contributed by atoms with van der Waals surface area (Å²) in [6.45, 7) is 1.92. The largest absolute Gasteiger partial charge is 2.00 e. The molecule has 0 radical (unpaired) electrons. The molecule has 48 valence electrons. The summed E-state index contributed by atoms with van der Waals surface area (Å²) in [4.78, 5) is 6.75. The van der Waals surface area contributed by atoms with Crippen molar-refractivity contribution in [1.82, 2.24) is 9.97 Å². The molecule has 0 unspecified atom stereocenters. The van der Waals surface area contributed by atoms with E-state index in [2.05, 4.69) is 9.97 Å². The van der Waals surface area contributed by atoms with E-state index >= 15 is 0 Å². The first-order valence-corrected chi connectivity index (χ1v) is 1.85. The summed E-state index contributed by atoms with van der Waals surface area (Å²) < 4.78 is 0. The zero-order valence-electron chi connectivity index (χ0n) is 5.06. The van der Waals surface area contributed by atoms with E-state index in [1.165, 1.54) is 0 Å². The van der Waals surface area contributed by atoms with Crippen LogP contribution in [0.25, 0.3) is 0 Å². The van der Waals surface area contributed by atoms with Crippen LogP contribution in [0.3, 0.4) is 0 Å². The van der Waals surface area contributed by atoms with Gasteiger partial charge in [-0.15, -0.1) is 0 Å². The van der Waals surface area contributed by atoms with Crippen LogP contribution in [0.2, 0.25) is 0 Å². The Morgan fingerprint density at radius 2 is 2.00 bits per heavy atom. The molecule has 9 heavy (non-hydrogen) atoms. The van der Waals surface area contributed by atoms with Gasteiger partial charge in [-0.1, -0.05) is 0 Å². The number of rotatable bonds is 0. The minimum absolute atomic E-state index is 0. The summed E-state index contributed by atoms with van der Waals surface area (Å²) in [6, 6.07) is 0. The number of H-pyrrole nitrogens is 1. The molecule has 0 spiro atoms. The smallest absolute Gasteiger partial charge is 1.00 e. The van der Waals surface area contributed by atoms with Crippen molar-refractivity contribution in [3.63, 3.8) is 0 Å². The summed E-state index contributed by atoms with van der Waals surface area (Å²) in [6.07, 6.45) is 3.53. The number of imidazole rings is 1. The molecule has 0 aliphatic heterocycles. The Bertz CT molecular complexity index is 120. The average molecular weight is 218 g/mol. The predicted molar refractivity (Wildman–Crippen MR) is 23.3 cm³/mol. The van der Waals surface area contributed by atoms with Crippen molar-refractivity contribution < 1.29 is 44.3 Å². The van der Waals surface area contributed by atoms with Gasteiger partial charge in [0.2, 0.25) is 0 Å².